The second-order valence-corrected chi connectivity index (χ2v) is 20.0. The number of pyridine rings is 1. The molecule has 2 fully saturated rings. The standard InChI is InChI=1S/C51H61N15O7S/c1-30-45(74-29-56-30)32-13-11-31(12-14-32)25-54-48(70)38-23-34(67)27-66(38)50(72)46(51(2,3)4)59-41(68)17-18-42(69)65-21-19-64(20-22-65)33-15-16-39(53-26-33)58-40-24-37(43(61-60-40)49(71)52-5)57-36-10-8-9-35(44(36)73-7)47-55-28-63(6)62-47/h8-16,24,26,28-29,34,38,46,67H,17-23,25,27H2,1-7H3,(H,52,71)(H,54,70)(H,59,68)(H2,53,57,58,60)/t34-,38+,46-/m1/s1. The van der Waals surface area contributed by atoms with E-state index in [2.05, 4.69) is 61.7 Å². The van der Waals surface area contributed by atoms with Crippen molar-refractivity contribution in [1.82, 2.24) is 60.7 Å². The van der Waals surface area contributed by atoms with Gasteiger partial charge in [-0.3, -0.25) is 28.7 Å². The van der Waals surface area contributed by atoms with Crippen molar-refractivity contribution in [1.29, 1.82) is 0 Å². The van der Waals surface area contributed by atoms with Crippen LogP contribution < -0.4 is 36.2 Å². The van der Waals surface area contributed by atoms with E-state index in [1.165, 1.54) is 19.1 Å². The highest BCUT2D eigenvalue weighted by Crippen LogP contribution is 2.37. The molecular weight excluding hydrogens is 967 g/mol. The molecule has 6 heterocycles. The molecule has 0 bridgehead atoms. The third kappa shape index (κ3) is 12.2. The molecule has 22 nitrogen and oxygen atoms in total. The summed E-state index contributed by atoms with van der Waals surface area (Å²) in [6.45, 7) is 9.52. The number of amides is 5. The monoisotopic (exact) mass is 1030 g/mol. The van der Waals surface area contributed by atoms with Crippen LogP contribution in [0, 0.1) is 12.3 Å². The summed E-state index contributed by atoms with van der Waals surface area (Å²) in [5.74, 6) is -0.229. The van der Waals surface area contributed by atoms with Crippen molar-refractivity contribution in [3.63, 3.8) is 0 Å². The molecule has 2 saturated heterocycles. The zero-order valence-electron chi connectivity index (χ0n) is 42.4. The Kier molecular flexibility index (Phi) is 16.1. The van der Waals surface area contributed by atoms with Gasteiger partial charge in [-0.05, 0) is 47.7 Å². The van der Waals surface area contributed by atoms with Gasteiger partial charge in [-0.2, -0.15) is 5.10 Å². The fraction of sp³-hybridized carbons (Fsp3) is 0.392. The summed E-state index contributed by atoms with van der Waals surface area (Å²) < 4.78 is 7.35. The van der Waals surface area contributed by atoms with Crippen LogP contribution in [-0.4, -0.2) is 144 Å². The van der Waals surface area contributed by atoms with Crippen LogP contribution in [-0.2, 0) is 32.8 Å². The fourth-order valence-corrected chi connectivity index (χ4v) is 9.67. The van der Waals surface area contributed by atoms with E-state index < -0.39 is 47.2 Å². The maximum atomic E-state index is 14.1. The minimum absolute atomic E-state index is 0.0476. The molecule has 5 amide bonds. The Labute approximate surface area is 432 Å². The molecule has 388 valence electrons. The molecule has 2 aromatic carbocycles. The first-order valence-corrected chi connectivity index (χ1v) is 25.1. The second kappa shape index (κ2) is 22.8. The molecule has 6 aromatic rings. The molecule has 2 aliphatic heterocycles. The number of para-hydroxylation sites is 1. The molecule has 0 saturated carbocycles. The molecular formula is C51H61N15O7S. The van der Waals surface area contributed by atoms with E-state index in [1.807, 2.05) is 70.2 Å². The molecule has 0 spiro atoms. The predicted octanol–water partition coefficient (Wildman–Crippen LogP) is 4.19. The van der Waals surface area contributed by atoms with Gasteiger partial charge in [0, 0.05) is 78.7 Å². The van der Waals surface area contributed by atoms with Gasteiger partial charge in [0.15, 0.2) is 23.1 Å². The minimum atomic E-state index is -1.01. The van der Waals surface area contributed by atoms with Crippen LogP contribution in [0.1, 0.15) is 61.8 Å². The maximum absolute atomic E-state index is 14.1. The number of benzene rings is 2. The van der Waals surface area contributed by atoms with Crippen molar-refractivity contribution in [3.05, 3.63) is 95.6 Å². The number of rotatable bonds is 17. The molecule has 23 heteroatoms. The molecule has 6 N–H and O–H groups in total. The number of carbonyl (C=O) groups excluding carboxylic acids is 5. The van der Waals surface area contributed by atoms with E-state index in [1.54, 1.807) is 64.2 Å². The third-order valence-corrected chi connectivity index (χ3v) is 13.8. The largest absolute Gasteiger partial charge is 0.494 e. The highest BCUT2D eigenvalue weighted by molar-refractivity contribution is 7.13. The van der Waals surface area contributed by atoms with Crippen molar-refractivity contribution in [3.8, 4) is 27.6 Å². The smallest absolute Gasteiger partial charge is 0.273 e. The summed E-state index contributed by atoms with van der Waals surface area (Å²) >= 11 is 1.56. The Morgan fingerprint density at radius 2 is 1.68 bits per heavy atom. The van der Waals surface area contributed by atoms with E-state index in [0.29, 0.717) is 66.3 Å². The molecule has 0 radical (unpaired) electrons. The molecule has 0 unspecified atom stereocenters. The Balaban J connectivity index is 0.816. The lowest BCUT2D eigenvalue weighted by atomic mass is 9.85. The summed E-state index contributed by atoms with van der Waals surface area (Å²) in [4.78, 5) is 86.9. The highest BCUT2D eigenvalue weighted by atomic mass is 32.1. The lowest BCUT2D eigenvalue weighted by Crippen LogP contribution is -2.57. The molecule has 4 aromatic heterocycles. The number of methoxy groups -OCH3 is 1. The Morgan fingerprint density at radius 1 is 0.905 bits per heavy atom. The normalized spacial score (nSPS) is 16.1. The van der Waals surface area contributed by atoms with Crippen molar-refractivity contribution < 1.29 is 33.8 Å². The number of β-amino-alcohol motifs (C(OH)–C–C–N with tert-alkyl or cyclic N) is 1. The van der Waals surface area contributed by atoms with Gasteiger partial charge in [0.25, 0.3) is 5.91 Å². The van der Waals surface area contributed by atoms with Gasteiger partial charge in [0.2, 0.25) is 23.6 Å². The van der Waals surface area contributed by atoms with Crippen LogP contribution in [0.25, 0.3) is 21.8 Å². The second-order valence-electron chi connectivity index (χ2n) is 19.2. The average Bonchev–Trinajstić information content (AvgIpc) is 4.15. The number of likely N-dealkylation sites (tertiary alicyclic amines) is 1. The first-order valence-electron chi connectivity index (χ1n) is 24.2. The molecule has 0 aliphatic carbocycles. The summed E-state index contributed by atoms with van der Waals surface area (Å²) in [5, 5.41) is 38.3. The SMILES string of the molecule is CNC(=O)c1nnc(Nc2ccc(N3CCN(C(=O)CCC(=O)N[C@H](C(=O)N4C[C@H](O)C[C@H]4C(=O)NCc4ccc(-c5scnc5C)cc4)C(C)(C)C)CC3)cn2)cc1Nc1cccc(-c2ncn(C)n2)c1OC. The number of aliphatic hydroxyl groups is 1. The number of piperazine rings is 1. The number of hydrogen-bond acceptors (Lipinski definition) is 17. The topological polar surface area (TPSA) is 267 Å². The average molecular weight is 1030 g/mol. The van der Waals surface area contributed by atoms with Gasteiger partial charge in [-0.25, -0.2) is 15.0 Å². The van der Waals surface area contributed by atoms with E-state index in [4.69, 9.17) is 4.74 Å². The Bertz CT molecular complexity index is 2990. The van der Waals surface area contributed by atoms with Gasteiger partial charge < -0.3 is 51.1 Å². The van der Waals surface area contributed by atoms with Gasteiger partial charge in [-0.15, -0.1) is 21.5 Å². The lowest BCUT2D eigenvalue weighted by molar-refractivity contribution is -0.144. The van der Waals surface area contributed by atoms with E-state index >= 15 is 0 Å². The van der Waals surface area contributed by atoms with Gasteiger partial charge in [-0.1, -0.05) is 51.1 Å². The zero-order valence-corrected chi connectivity index (χ0v) is 43.2. The number of ether oxygens (including phenoxy) is 1. The van der Waals surface area contributed by atoms with Crippen molar-refractivity contribution >= 4 is 69.6 Å². The quantitative estimate of drug-likeness (QED) is 0.0748. The van der Waals surface area contributed by atoms with E-state index in [-0.39, 0.29) is 44.0 Å². The van der Waals surface area contributed by atoms with E-state index in [9.17, 15) is 29.1 Å². The number of aliphatic hydroxyl groups excluding tert-OH is 1. The van der Waals surface area contributed by atoms with Crippen molar-refractivity contribution in [2.45, 2.75) is 71.7 Å². The number of thiazole rings is 1. The van der Waals surface area contributed by atoms with Crippen LogP contribution in [0.4, 0.5) is 28.7 Å². The number of nitrogens with zero attached hydrogens (tertiary/aromatic N) is 10. The third-order valence-electron chi connectivity index (χ3n) is 12.8. The number of hydrogen-bond donors (Lipinski definition) is 6. The predicted molar refractivity (Wildman–Crippen MR) is 279 cm³/mol. The summed E-state index contributed by atoms with van der Waals surface area (Å²) in [5.41, 5.74) is 6.37. The molecule has 74 heavy (non-hydrogen) atoms. The van der Waals surface area contributed by atoms with Gasteiger partial charge in [0.1, 0.15) is 24.2 Å². The summed E-state index contributed by atoms with van der Waals surface area (Å²) in [7, 11) is 4.82. The number of anilines is 5. The number of carbonyl (C=O) groups is 5. The highest BCUT2D eigenvalue weighted by Gasteiger charge is 2.44. The minimum Gasteiger partial charge on any atom is -0.494 e. The molecule has 2 aliphatic rings. The summed E-state index contributed by atoms with van der Waals surface area (Å²) in [6, 6.07) is 16.7. The first kappa shape index (κ1) is 52.3. The zero-order chi connectivity index (χ0) is 52.7. The van der Waals surface area contributed by atoms with Crippen molar-refractivity contribution in [2.24, 2.45) is 12.5 Å². The van der Waals surface area contributed by atoms with Crippen LogP contribution >= 0.6 is 11.3 Å². The van der Waals surface area contributed by atoms with Crippen LogP contribution in [0.3, 0.4) is 0 Å². The number of aryl methyl sites for hydroxylation is 2. The first-order chi connectivity index (χ1) is 35.5. The Morgan fingerprint density at radius 3 is 2.32 bits per heavy atom. The van der Waals surface area contributed by atoms with Crippen LogP contribution in [0.2, 0.25) is 0 Å². The van der Waals surface area contributed by atoms with Crippen molar-refractivity contribution in [2.75, 3.05) is 62.4 Å². The van der Waals surface area contributed by atoms with Crippen LogP contribution in [0.5, 0.6) is 5.75 Å². The maximum Gasteiger partial charge on any atom is 0.273 e. The van der Waals surface area contributed by atoms with Gasteiger partial charge >= 0.3 is 0 Å². The van der Waals surface area contributed by atoms with Crippen LogP contribution in [0.15, 0.2) is 78.7 Å². The molecule has 8 rings (SSSR count). The molecule has 3 atom stereocenters. The number of nitrogens with one attached hydrogen (secondary N) is 5. The fourth-order valence-electron chi connectivity index (χ4n) is 8.86. The Hall–Kier alpha value is -8.05. The lowest BCUT2D eigenvalue weighted by Gasteiger charge is -2.36. The summed E-state index contributed by atoms with van der Waals surface area (Å²) in [6.07, 6.45) is 2.29. The van der Waals surface area contributed by atoms with E-state index in [0.717, 1.165) is 27.4 Å². The van der Waals surface area contributed by atoms with Gasteiger partial charge in [0.05, 0.1) is 58.1 Å². The number of aromatic nitrogens is 7.